The number of primary amides is 1. The summed E-state index contributed by atoms with van der Waals surface area (Å²) < 4.78 is 14.0. The van der Waals surface area contributed by atoms with E-state index in [9.17, 15) is 23.6 Å². The number of hydrogen-bond donors (Lipinski definition) is 3. The normalized spacial score (nSPS) is 17.1. The van der Waals surface area contributed by atoms with E-state index in [0.717, 1.165) is 11.1 Å². The molecule has 4 atom stereocenters. The summed E-state index contributed by atoms with van der Waals surface area (Å²) in [6.45, 7) is 7.61. The van der Waals surface area contributed by atoms with Crippen LogP contribution in [0.4, 0.5) is 4.39 Å². The number of nitrogens with one attached hydrogen (secondary N) is 2. The Balaban J connectivity index is 1.81. The molecule has 0 radical (unpaired) electrons. The lowest BCUT2D eigenvalue weighted by atomic mass is 9.98. The number of hydrogen-bond acceptors (Lipinski definition) is 4. The Morgan fingerprint density at radius 3 is 2.38 bits per heavy atom. The van der Waals surface area contributed by atoms with E-state index in [1.807, 2.05) is 38.1 Å². The molecule has 1 saturated heterocycles. The van der Waals surface area contributed by atoms with Gasteiger partial charge in [-0.25, -0.2) is 4.39 Å². The van der Waals surface area contributed by atoms with Crippen LogP contribution >= 0.6 is 11.6 Å². The zero-order valence-electron chi connectivity index (χ0n) is 23.4. The Morgan fingerprint density at radius 2 is 1.75 bits per heavy atom. The minimum Gasteiger partial charge on any atom is -0.368 e. The van der Waals surface area contributed by atoms with Crippen molar-refractivity contribution in [1.29, 1.82) is 0 Å². The van der Waals surface area contributed by atoms with E-state index in [2.05, 4.69) is 10.6 Å². The molecule has 10 heteroatoms. The number of aryl methyl sites for hydroxylation is 2. The van der Waals surface area contributed by atoms with Gasteiger partial charge in [-0.1, -0.05) is 55.3 Å². The number of nitrogens with zero attached hydrogens (tertiary/aromatic N) is 1. The monoisotopic (exact) mass is 572 g/mol. The van der Waals surface area contributed by atoms with Crippen molar-refractivity contribution >= 4 is 35.2 Å². The number of halogens is 2. The summed E-state index contributed by atoms with van der Waals surface area (Å²) in [4.78, 5) is 53.7. The molecule has 216 valence electrons. The van der Waals surface area contributed by atoms with Crippen LogP contribution in [0.5, 0.6) is 0 Å². The second kappa shape index (κ2) is 13.7. The Bertz CT molecular complexity index is 1250. The standard InChI is InChI=1S/C30H38ClFN4O4/c1-5-18(3)28(38)35-25(16-21-15-22(31)23(32)13-19(21)4)30(40)36-12-6-7-26(36)29(39)34-24(27(33)37)14-20-10-8-17(2)9-11-20/h8-11,13,15,18,24-26H,5-7,12,14,16H2,1-4H3,(H2,33,37)(H,34,39)(H,35,38)/t18-,24+,25+,26+/m1/s1. The number of rotatable bonds is 11. The Labute approximate surface area is 239 Å². The quantitative estimate of drug-likeness (QED) is 0.382. The maximum atomic E-state index is 14.0. The molecule has 1 aliphatic heterocycles. The molecule has 1 heterocycles. The van der Waals surface area contributed by atoms with Crippen LogP contribution in [0.1, 0.15) is 55.4 Å². The first-order chi connectivity index (χ1) is 18.9. The lowest BCUT2D eigenvalue weighted by Crippen LogP contribution is -2.57. The summed E-state index contributed by atoms with van der Waals surface area (Å²) in [5, 5.41) is 5.49. The second-order valence-electron chi connectivity index (χ2n) is 10.6. The Hall–Kier alpha value is -3.46. The third-order valence-corrected chi connectivity index (χ3v) is 7.83. The summed E-state index contributed by atoms with van der Waals surface area (Å²) in [5.74, 6) is -2.77. The molecule has 1 fully saturated rings. The largest absolute Gasteiger partial charge is 0.368 e. The van der Waals surface area contributed by atoms with E-state index in [1.165, 1.54) is 17.0 Å². The highest BCUT2D eigenvalue weighted by Gasteiger charge is 2.39. The average molecular weight is 573 g/mol. The summed E-state index contributed by atoms with van der Waals surface area (Å²) in [6, 6.07) is 7.56. The van der Waals surface area contributed by atoms with Gasteiger partial charge in [-0.05, 0) is 61.9 Å². The van der Waals surface area contributed by atoms with E-state index in [0.29, 0.717) is 36.9 Å². The van der Waals surface area contributed by atoms with Gasteiger partial charge >= 0.3 is 0 Å². The van der Waals surface area contributed by atoms with Gasteiger partial charge in [0.05, 0.1) is 5.02 Å². The SMILES string of the molecule is CC[C@@H](C)C(=O)N[C@@H](Cc1cc(Cl)c(F)cc1C)C(=O)N1CCC[C@H]1C(=O)N[C@@H](Cc1ccc(C)cc1)C(N)=O. The molecular formula is C30H38ClFN4O4. The first-order valence-electron chi connectivity index (χ1n) is 13.6. The lowest BCUT2D eigenvalue weighted by Gasteiger charge is -2.30. The molecule has 0 aromatic heterocycles. The number of likely N-dealkylation sites (tertiary alicyclic amines) is 1. The molecule has 0 saturated carbocycles. The summed E-state index contributed by atoms with van der Waals surface area (Å²) in [6.07, 6.45) is 1.87. The van der Waals surface area contributed by atoms with Gasteiger partial charge in [0, 0.05) is 25.3 Å². The van der Waals surface area contributed by atoms with Gasteiger partial charge in [-0.15, -0.1) is 0 Å². The molecule has 0 bridgehead atoms. The lowest BCUT2D eigenvalue weighted by molar-refractivity contribution is -0.142. The van der Waals surface area contributed by atoms with Crippen LogP contribution in [0.2, 0.25) is 5.02 Å². The van der Waals surface area contributed by atoms with Gasteiger partial charge in [0.2, 0.25) is 23.6 Å². The van der Waals surface area contributed by atoms with E-state index in [4.69, 9.17) is 17.3 Å². The summed E-state index contributed by atoms with van der Waals surface area (Å²) >= 11 is 6.01. The van der Waals surface area contributed by atoms with Crippen molar-refractivity contribution in [2.45, 2.75) is 77.9 Å². The van der Waals surface area contributed by atoms with Crippen LogP contribution in [0.25, 0.3) is 0 Å². The van der Waals surface area contributed by atoms with E-state index < -0.39 is 41.7 Å². The average Bonchev–Trinajstić information content (AvgIpc) is 3.41. The van der Waals surface area contributed by atoms with Gasteiger partial charge < -0.3 is 21.3 Å². The van der Waals surface area contributed by atoms with Gasteiger partial charge in [0.25, 0.3) is 0 Å². The number of nitrogens with two attached hydrogens (primary N) is 1. The first-order valence-corrected chi connectivity index (χ1v) is 14.0. The molecule has 2 aromatic carbocycles. The fourth-order valence-corrected chi connectivity index (χ4v) is 4.97. The van der Waals surface area contributed by atoms with Gasteiger partial charge in [0.1, 0.15) is 23.9 Å². The van der Waals surface area contributed by atoms with Crippen molar-refractivity contribution in [1.82, 2.24) is 15.5 Å². The molecule has 0 aliphatic carbocycles. The van der Waals surface area contributed by atoms with Crippen molar-refractivity contribution in [3.05, 3.63) is 69.5 Å². The molecule has 0 spiro atoms. The number of benzene rings is 2. The van der Waals surface area contributed by atoms with E-state index >= 15 is 0 Å². The van der Waals surface area contributed by atoms with Crippen molar-refractivity contribution in [3.63, 3.8) is 0 Å². The zero-order valence-corrected chi connectivity index (χ0v) is 24.2. The minimum atomic E-state index is -0.991. The van der Waals surface area contributed by atoms with Crippen molar-refractivity contribution in [3.8, 4) is 0 Å². The van der Waals surface area contributed by atoms with Crippen molar-refractivity contribution in [2.24, 2.45) is 11.7 Å². The molecule has 4 amide bonds. The van der Waals surface area contributed by atoms with Gasteiger partial charge in [-0.2, -0.15) is 0 Å². The highest BCUT2D eigenvalue weighted by Crippen LogP contribution is 2.24. The van der Waals surface area contributed by atoms with Crippen molar-refractivity contribution in [2.75, 3.05) is 6.54 Å². The Morgan fingerprint density at radius 1 is 1.07 bits per heavy atom. The fourth-order valence-electron chi connectivity index (χ4n) is 4.78. The van der Waals surface area contributed by atoms with Crippen LogP contribution in [0.3, 0.4) is 0 Å². The highest BCUT2D eigenvalue weighted by atomic mass is 35.5. The number of carbonyl (C=O) groups is 4. The van der Waals surface area contributed by atoms with Crippen LogP contribution in [0.15, 0.2) is 36.4 Å². The predicted molar refractivity (Wildman–Crippen MR) is 152 cm³/mol. The topological polar surface area (TPSA) is 122 Å². The third kappa shape index (κ3) is 7.81. The van der Waals surface area contributed by atoms with Crippen LogP contribution in [-0.2, 0) is 32.0 Å². The van der Waals surface area contributed by atoms with Crippen molar-refractivity contribution < 1.29 is 23.6 Å². The molecule has 4 N–H and O–H groups in total. The molecule has 2 aromatic rings. The van der Waals surface area contributed by atoms with E-state index in [1.54, 1.807) is 13.8 Å². The van der Waals surface area contributed by atoms with Gasteiger partial charge in [-0.3, -0.25) is 19.2 Å². The number of carbonyl (C=O) groups excluding carboxylic acids is 4. The molecular weight excluding hydrogens is 535 g/mol. The molecule has 3 rings (SSSR count). The second-order valence-corrected chi connectivity index (χ2v) is 11.0. The third-order valence-electron chi connectivity index (χ3n) is 7.54. The summed E-state index contributed by atoms with van der Waals surface area (Å²) in [7, 11) is 0. The smallest absolute Gasteiger partial charge is 0.246 e. The maximum Gasteiger partial charge on any atom is 0.246 e. The predicted octanol–water partition coefficient (Wildman–Crippen LogP) is 3.37. The zero-order chi connectivity index (χ0) is 29.6. The molecule has 1 aliphatic rings. The molecule has 40 heavy (non-hydrogen) atoms. The van der Waals surface area contributed by atoms with E-state index in [-0.39, 0.29) is 29.7 Å². The number of amides is 4. The van der Waals surface area contributed by atoms with Crippen LogP contribution in [0, 0.1) is 25.6 Å². The van der Waals surface area contributed by atoms with Gasteiger partial charge in [0.15, 0.2) is 0 Å². The fraction of sp³-hybridized carbons (Fsp3) is 0.467. The van der Waals surface area contributed by atoms with Crippen LogP contribution in [-0.4, -0.2) is 53.2 Å². The maximum absolute atomic E-state index is 14.0. The highest BCUT2D eigenvalue weighted by molar-refractivity contribution is 6.30. The molecule has 0 unspecified atom stereocenters. The molecule has 8 nitrogen and oxygen atoms in total. The minimum absolute atomic E-state index is 0.0784. The first kappa shape index (κ1) is 31.1. The summed E-state index contributed by atoms with van der Waals surface area (Å²) in [5.41, 5.74) is 8.72. The van der Waals surface area contributed by atoms with Crippen LogP contribution < -0.4 is 16.4 Å². The Kier molecular flexibility index (Phi) is 10.7.